The van der Waals surface area contributed by atoms with E-state index >= 15 is 0 Å². The summed E-state index contributed by atoms with van der Waals surface area (Å²) in [6.07, 6.45) is 2.21. The summed E-state index contributed by atoms with van der Waals surface area (Å²) >= 11 is 0. The largest absolute Gasteiger partial charge is 0.490 e. The maximum absolute atomic E-state index is 11.9. The molecule has 6 nitrogen and oxygen atoms in total. The quantitative estimate of drug-likeness (QED) is 0.916. The van der Waals surface area contributed by atoms with E-state index in [4.69, 9.17) is 15.2 Å². The number of hydrogen-bond acceptors (Lipinski definition) is 5. The number of pyridine rings is 1. The maximum Gasteiger partial charge on any atom is 0.410 e. The smallest absolute Gasteiger partial charge is 0.410 e. The normalized spacial score (nSPS) is 18.4. The van der Waals surface area contributed by atoms with Gasteiger partial charge in [-0.3, -0.25) is 0 Å². The highest BCUT2D eigenvalue weighted by Crippen LogP contribution is 2.22. The molecule has 2 heterocycles. The molecule has 1 unspecified atom stereocenters. The Kier molecular flexibility index (Phi) is 4.01. The zero-order valence-corrected chi connectivity index (χ0v) is 12.1. The van der Waals surface area contributed by atoms with Gasteiger partial charge in [0, 0.05) is 6.54 Å². The molecule has 1 aromatic rings. The minimum absolute atomic E-state index is 0.0578. The number of hydrogen-bond donors (Lipinski definition) is 1. The molecular weight excluding hydrogens is 258 g/mol. The highest BCUT2D eigenvalue weighted by Gasteiger charge is 2.35. The number of aromatic nitrogens is 1. The average molecular weight is 279 g/mol. The van der Waals surface area contributed by atoms with Crippen LogP contribution in [0.4, 0.5) is 10.6 Å². The van der Waals surface area contributed by atoms with Crippen LogP contribution >= 0.6 is 0 Å². The number of nitrogens with zero attached hydrogens (tertiary/aromatic N) is 2. The van der Waals surface area contributed by atoms with Crippen molar-refractivity contribution in [2.24, 2.45) is 0 Å². The Bertz CT molecular complexity index is 468. The summed E-state index contributed by atoms with van der Waals surface area (Å²) in [5.74, 6) is 1.10. The minimum atomic E-state index is -0.473. The van der Waals surface area contributed by atoms with E-state index < -0.39 is 5.60 Å². The van der Waals surface area contributed by atoms with Gasteiger partial charge in [-0.2, -0.15) is 0 Å². The number of rotatable bonds is 3. The number of nitrogen functional groups attached to an aromatic ring is 1. The van der Waals surface area contributed by atoms with E-state index in [0.29, 0.717) is 24.7 Å². The van der Waals surface area contributed by atoms with Gasteiger partial charge in [-0.15, -0.1) is 0 Å². The predicted octanol–water partition coefficient (Wildman–Crippen LogP) is 2.05. The molecule has 0 aromatic carbocycles. The molecule has 1 saturated heterocycles. The molecule has 0 aliphatic carbocycles. The Balaban J connectivity index is 1.82. The van der Waals surface area contributed by atoms with E-state index in [0.717, 1.165) is 6.42 Å². The predicted molar refractivity (Wildman–Crippen MR) is 75.5 cm³/mol. The van der Waals surface area contributed by atoms with Gasteiger partial charge >= 0.3 is 6.09 Å². The summed E-state index contributed by atoms with van der Waals surface area (Å²) in [5, 5.41) is 0. The molecule has 1 aliphatic rings. The van der Waals surface area contributed by atoms with Crippen LogP contribution < -0.4 is 10.5 Å². The van der Waals surface area contributed by atoms with E-state index in [2.05, 4.69) is 4.98 Å². The van der Waals surface area contributed by atoms with Crippen molar-refractivity contribution in [3.63, 3.8) is 0 Å². The van der Waals surface area contributed by atoms with Crippen LogP contribution in [-0.4, -0.2) is 40.8 Å². The molecule has 0 bridgehead atoms. The van der Waals surface area contributed by atoms with E-state index in [1.807, 2.05) is 20.8 Å². The summed E-state index contributed by atoms with van der Waals surface area (Å²) in [6, 6.07) is 3.50. The van der Waals surface area contributed by atoms with Crippen LogP contribution in [0, 0.1) is 0 Å². The lowest BCUT2D eigenvalue weighted by atomic mass is 10.1. The van der Waals surface area contributed by atoms with E-state index in [1.54, 1.807) is 23.2 Å². The average Bonchev–Trinajstić information content (AvgIpc) is 2.27. The second-order valence-electron chi connectivity index (χ2n) is 5.85. The fourth-order valence-corrected chi connectivity index (χ4v) is 1.84. The topological polar surface area (TPSA) is 77.7 Å². The van der Waals surface area contributed by atoms with E-state index in [-0.39, 0.29) is 12.1 Å². The Morgan fingerprint density at radius 3 is 2.75 bits per heavy atom. The Morgan fingerprint density at radius 1 is 1.50 bits per heavy atom. The lowest BCUT2D eigenvalue weighted by molar-refractivity contribution is -0.0141. The third-order valence-corrected chi connectivity index (χ3v) is 2.97. The minimum Gasteiger partial charge on any atom is -0.490 e. The zero-order valence-electron chi connectivity index (χ0n) is 12.1. The fourth-order valence-electron chi connectivity index (χ4n) is 1.84. The molecule has 1 atom stereocenters. The third-order valence-electron chi connectivity index (χ3n) is 2.97. The van der Waals surface area contributed by atoms with Gasteiger partial charge in [0.2, 0.25) is 0 Å². The summed E-state index contributed by atoms with van der Waals surface area (Å²) in [6.45, 7) is 6.72. The Morgan fingerprint density at radius 2 is 2.25 bits per heavy atom. The molecule has 20 heavy (non-hydrogen) atoms. The Labute approximate surface area is 118 Å². The molecule has 2 N–H and O–H groups in total. The molecule has 0 saturated carbocycles. The maximum atomic E-state index is 11.9. The van der Waals surface area contributed by atoms with Gasteiger partial charge in [-0.05, 0) is 39.3 Å². The van der Waals surface area contributed by atoms with Crippen molar-refractivity contribution in [3.8, 4) is 5.75 Å². The van der Waals surface area contributed by atoms with Gasteiger partial charge in [0.25, 0.3) is 0 Å². The summed E-state index contributed by atoms with van der Waals surface area (Å²) < 4.78 is 11.0. The number of anilines is 1. The van der Waals surface area contributed by atoms with Gasteiger partial charge in [0.05, 0.1) is 12.2 Å². The SMILES string of the molecule is CC(C)(C)OC(=O)N1CCC1COc1ccc(N)nc1. The van der Waals surface area contributed by atoms with Gasteiger partial charge in [-0.1, -0.05) is 0 Å². The number of nitrogens with two attached hydrogens (primary N) is 1. The molecule has 110 valence electrons. The molecule has 0 radical (unpaired) electrons. The standard InChI is InChI=1S/C14H21N3O3/c1-14(2,3)20-13(18)17-7-6-10(17)9-19-11-4-5-12(15)16-8-11/h4-5,8,10H,6-7,9H2,1-3H3,(H2,15,16). The van der Waals surface area contributed by atoms with Crippen LogP contribution in [0.5, 0.6) is 5.75 Å². The molecular formula is C14H21N3O3. The molecule has 1 aromatic heterocycles. The first-order valence-electron chi connectivity index (χ1n) is 6.69. The van der Waals surface area contributed by atoms with Crippen LogP contribution in [0.1, 0.15) is 27.2 Å². The molecule has 6 heteroatoms. The first-order valence-corrected chi connectivity index (χ1v) is 6.69. The highest BCUT2D eigenvalue weighted by molar-refractivity contribution is 5.69. The number of carbonyl (C=O) groups excluding carboxylic acids is 1. The van der Waals surface area contributed by atoms with Crippen LogP contribution in [0.15, 0.2) is 18.3 Å². The van der Waals surface area contributed by atoms with Crippen LogP contribution in [0.2, 0.25) is 0 Å². The number of amides is 1. The number of ether oxygens (including phenoxy) is 2. The zero-order chi connectivity index (χ0) is 14.8. The van der Waals surface area contributed by atoms with Gasteiger partial charge in [-0.25, -0.2) is 9.78 Å². The second kappa shape index (κ2) is 5.56. The van der Waals surface area contributed by atoms with Crippen molar-refractivity contribution in [1.29, 1.82) is 0 Å². The first-order chi connectivity index (χ1) is 9.35. The van der Waals surface area contributed by atoms with Crippen molar-refractivity contribution < 1.29 is 14.3 Å². The van der Waals surface area contributed by atoms with Crippen LogP contribution in [-0.2, 0) is 4.74 Å². The van der Waals surface area contributed by atoms with E-state index in [1.165, 1.54) is 0 Å². The summed E-state index contributed by atoms with van der Waals surface area (Å²) in [5.41, 5.74) is 5.03. The van der Waals surface area contributed by atoms with Crippen LogP contribution in [0.25, 0.3) is 0 Å². The van der Waals surface area contributed by atoms with Gasteiger partial charge < -0.3 is 20.1 Å². The van der Waals surface area contributed by atoms with Gasteiger partial charge in [0.15, 0.2) is 0 Å². The molecule has 1 amide bonds. The highest BCUT2D eigenvalue weighted by atomic mass is 16.6. The monoisotopic (exact) mass is 279 g/mol. The summed E-state index contributed by atoms with van der Waals surface area (Å²) in [7, 11) is 0. The molecule has 2 rings (SSSR count). The van der Waals surface area contributed by atoms with Crippen LogP contribution in [0.3, 0.4) is 0 Å². The second-order valence-corrected chi connectivity index (χ2v) is 5.85. The van der Waals surface area contributed by atoms with Crippen molar-refractivity contribution in [1.82, 2.24) is 9.88 Å². The van der Waals surface area contributed by atoms with Crippen molar-refractivity contribution in [3.05, 3.63) is 18.3 Å². The number of carbonyl (C=O) groups is 1. The first kappa shape index (κ1) is 14.4. The van der Waals surface area contributed by atoms with Crippen molar-refractivity contribution >= 4 is 11.9 Å². The summed E-state index contributed by atoms with van der Waals surface area (Å²) in [4.78, 5) is 17.6. The third kappa shape index (κ3) is 3.76. The van der Waals surface area contributed by atoms with Gasteiger partial charge in [0.1, 0.15) is 23.8 Å². The fraction of sp³-hybridized carbons (Fsp3) is 0.571. The number of likely N-dealkylation sites (tertiary alicyclic amines) is 1. The molecule has 0 spiro atoms. The van der Waals surface area contributed by atoms with Crippen molar-refractivity contribution in [2.75, 3.05) is 18.9 Å². The molecule has 1 fully saturated rings. The molecule has 1 aliphatic heterocycles. The lowest BCUT2D eigenvalue weighted by Gasteiger charge is -2.40. The Hall–Kier alpha value is -1.98. The lowest BCUT2D eigenvalue weighted by Crippen LogP contribution is -2.55. The van der Waals surface area contributed by atoms with Crippen molar-refractivity contribution in [2.45, 2.75) is 38.8 Å². The van der Waals surface area contributed by atoms with E-state index in [9.17, 15) is 4.79 Å².